The van der Waals surface area contributed by atoms with Crippen LogP contribution in [-0.2, 0) is 11.3 Å². The Labute approximate surface area is 156 Å². The van der Waals surface area contributed by atoms with Crippen LogP contribution in [0.15, 0.2) is 30.1 Å². The van der Waals surface area contributed by atoms with Crippen molar-refractivity contribution >= 4 is 12.0 Å². The number of piperidine rings is 1. The van der Waals surface area contributed by atoms with E-state index in [-0.39, 0.29) is 6.42 Å². The van der Waals surface area contributed by atoms with Crippen molar-refractivity contribution < 1.29 is 9.90 Å². The van der Waals surface area contributed by atoms with E-state index in [1.54, 1.807) is 6.20 Å². The molecule has 6 nitrogen and oxygen atoms in total. The van der Waals surface area contributed by atoms with Crippen molar-refractivity contribution in [3.8, 4) is 6.07 Å². The number of allylic oxidation sites excluding steroid dienone is 1. The van der Waals surface area contributed by atoms with Gasteiger partial charge in [0.1, 0.15) is 0 Å². The third-order valence-electron chi connectivity index (χ3n) is 4.62. The summed E-state index contributed by atoms with van der Waals surface area (Å²) in [4.78, 5) is 11.9. The number of nitrogens with zero attached hydrogens (tertiary/aromatic N) is 4. The normalized spacial score (nSPS) is 15.9. The Balaban J connectivity index is 0.000000350. The maximum atomic E-state index is 10.1. The summed E-state index contributed by atoms with van der Waals surface area (Å²) in [6.45, 7) is 12.2. The fourth-order valence-electron chi connectivity index (χ4n) is 2.66. The van der Waals surface area contributed by atoms with Crippen molar-refractivity contribution in [2.24, 2.45) is 0 Å². The Bertz CT molecular complexity index is 664. The molecule has 2 heterocycles. The molecule has 1 N–H and O–H groups in total. The van der Waals surface area contributed by atoms with Crippen molar-refractivity contribution in [2.45, 2.75) is 59.1 Å². The fourth-order valence-corrected chi connectivity index (χ4v) is 2.66. The lowest BCUT2D eigenvalue weighted by Gasteiger charge is -2.21. The number of aliphatic hydroxyl groups is 1. The van der Waals surface area contributed by atoms with E-state index in [1.807, 2.05) is 42.6 Å². The van der Waals surface area contributed by atoms with Crippen molar-refractivity contribution in [1.82, 2.24) is 14.7 Å². The minimum absolute atomic E-state index is 0.279. The molecule has 1 aromatic heterocycles. The molecular formula is C20H30N4O2. The van der Waals surface area contributed by atoms with Gasteiger partial charge < -0.3 is 10.0 Å². The van der Waals surface area contributed by atoms with Gasteiger partial charge in [-0.1, -0.05) is 6.58 Å². The summed E-state index contributed by atoms with van der Waals surface area (Å²) < 4.78 is 1.84. The number of carbonyl (C=O) groups excluding carboxylic acids is 1. The van der Waals surface area contributed by atoms with Crippen molar-refractivity contribution in [3.63, 3.8) is 0 Å². The number of rotatable bonds is 6. The summed E-state index contributed by atoms with van der Waals surface area (Å²) in [7, 11) is 0. The molecular weight excluding hydrogens is 328 g/mol. The fraction of sp³-hybridized carbons (Fsp3) is 0.550. The van der Waals surface area contributed by atoms with E-state index in [9.17, 15) is 9.90 Å². The van der Waals surface area contributed by atoms with Gasteiger partial charge in [-0.25, -0.2) is 0 Å². The smallest absolute Gasteiger partial charge is 0.209 e. The molecule has 0 radical (unpaired) electrons. The molecule has 1 aliphatic rings. The van der Waals surface area contributed by atoms with Crippen molar-refractivity contribution in [1.29, 1.82) is 5.26 Å². The first-order valence-electron chi connectivity index (χ1n) is 9.08. The molecule has 1 aromatic rings. The molecule has 0 saturated carbocycles. The highest BCUT2D eigenvalue weighted by Gasteiger charge is 2.13. The molecule has 0 bridgehead atoms. The molecule has 0 aliphatic carbocycles. The quantitative estimate of drug-likeness (QED) is 0.625. The molecule has 26 heavy (non-hydrogen) atoms. The average Bonchev–Trinajstić information content (AvgIpc) is 3.17. The Morgan fingerprint density at radius 1 is 1.42 bits per heavy atom. The lowest BCUT2D eigenvalue weighted by atomic mass is 9.97. The molecule has 6 heteroatoms. The van der Waals surface area contributed by atoms with Gasteiger partial charge in [0.25, 0.3) is 0 Å². The Morgan fingerprint density at radius 3 is 2.54 bits per heavy atom. The van der Waals surface area contributed by atoms with Gasteiger partial charge in [0.15, 0.2) is 0 Å². The van der Waals surface area contributed by atoms with Gasteiger partial charge in [-0.15, -0.1) is 0 Å². The minimum atomic E-state index is -0.665. The lowest BCUT2D eigenvalue weighted by molar-refractivity contribution is -0.118. The second kappa shape index (κ2) is 11.3. The van der Waals surface area contributed by atoms with E-state index >= 15 is 0 Å². The molecule has 1 unspecified atom stereocenters. The van der Waals surface area contributed by atoms with Gasteiger partial charge in [0.05, 0.1) is 18.4 Å². The van der Waals surface area contributed by atoms with Gasteiger partial charge in [-0.05, 0) is 51.2 Å². The average molecular weight is 358 g/mol. The molecule has 0 aromatic carbocycles. The van der Waals surface area contributed by atoms with Crippen molar-refractivity contribution in [2.75, 3.05) is 13.1 Å². The highest BCUT2D eigenvalue weighted by Crippen LogP contribution is 2.22. The predicted octanol–water partition coefficient (Wildman–Crippen LogP) is 3.16. The van der Waals surface area contributed by atoms with Crippen LogP contribution >= 0.6 is 0 Å². The molecule has 142 valence electrons. The number of nitriles is 1. The SMILES string of the molecule is C=C(C#N)CC(O)/C(C)=C(/C)c1cnn(CC)c1.O=CN1CCCCC1. The number of aliphatic hydroxyl groups excluding tert-OH is 1. The molecule has 2 rings (SSSR count). The van der Waals surface area contributed by atoms with Gasteiger partial charge in [-0.3, -0.25) is 9.48 Å². The van der Waals surface area contributed by atoms with Gasteiger partial charge in [0.2, 0.25) is 6.41 Å². The first-order valence-corrected chi connectivity index (χ1v) is 9.08. The van der Waals surface area contributed by atoms with Crippen LogP contribution in [-0.4, -0.2) is 45.4 Å². The Kier molecular flexibility index (Phi) is 9.38. The highest BCUT2D eigenvalue weighted by molar-refractivity contribution is 5.66. The topological polar surface area (TPSA) is 82.1 Å². The molecule has 1 atom stereocenters. The standard InChI is InChI=1S/C14H19N3O.C6H11NO/c1-5-17-9-13(8-16-17)11(3)12(4)14(18)6-10(2)7-15;8-6-7-4-2-1-3-5-7/h8-9,14,18H,2,5-6H2,1,3-4H3;6H,1-5H2/b12-11-;. The molecule has 1 aliphatic heterocycles. The van der Waals surface area contributed by atoms with E-state index in [1.165, 1.54) is 19.3 Å². The summed E-state index contributed by atoms with van der Waals surface area (Å²) in [5, 5.41) is 22.9. The second-order valence-corrected chi connectivity index (χ2v) is 6.53. The monoisotopic (exact) mass is 358 g/mol. The van der Waals surface area contributed by atoms with Gasteiger partial charge in [0, 0.05) is 43.4 Å². The predicted molar refractivity (Wildman–Crippen MR) is 103 cm³/mol. The van der Waals surface area contributed by atoms with Crippen LogP contribution in [0.25, 0.3) is 5.57 Å². The number of hydrogen-bond donors (Lipinski definition) is 1. The van der Waals surface area contributed by atoms with E-state index < -0.39 is 6.10 Å². The van der Waals surface area contributed by atoms with Gasteiger partial charge >= 0.3 is 0 Å². The van der Waals surface area contributed by atoms with Crippen LogP contribution in [0, 0.1) is 11.3 Å². The number of hydrogen-bond acceptors (Lipinski definition) is 4. The molecule has 1 fully saturated rings. The second-order valence-electron chi connectivity index (χ2n) is 6.53. The molecule has 1 saturated heterocycles. The van der Waals surface area contributed by atoms with Crippen LogP contribution in [0.5, 0.6) is 0 Å². The number of aryl methyl sites for hydroxylation is 1. The zero-order valence-corrected chi connectivity index (χ0v) is 16.1. The van der Waals surface area contributed by atoms with Crippen LogP contribution in [0.2, 0.25) is 0 Å². The summed E-state index contributed by atoms with van der Waals surface area (Å²) in [6, 6.07) is 1.95. The van der Waals surface area contributed by atoms with Crippen LogP contribution in [0.1, 0.15) is 52.0 Å². The third kappa shape index (κ3) is 6.85. The number of amides is 1. The zero-order chi connectivity index (χ0) is 19.5. The van der Waals surface area contributed by atoms with Crippen molar-refractivity contribution in [3.05, 3.63) is 35.7 Å². The minimum Gasteiger partial charge on any atom is -0.388 e. The Morgan fingerprint density at radius 2 is 2.08 bits per heavy atom. The highest BCUT2D eigenvalue weighted by atomic mass is 16.3. The summed E-state index contributed by atoms with van der Waals surface area (Å²) in [5.41, 5.74) is 3.23. The summed E-state index contributed by atoms with van der Waals surface area (Å²) in [6.07, 6.45) is 7.98. The molecule has 1 amide bonds. The largest absolute Gasteiger partial charge is 0.388 e. The maximum absolute atomic E-state index is 10.1. The lowest BCUT2D eigenvalue weighted by Crippen LogP contribution is -2.27. The van der Waals surface area contributed by atoms with Crippen LogP contribution < -0.4 is 0 Å². The van der Waals surface area contributed by atoms with Crippen LogP contribution in [0.4, 0.5) is 0 Å². The number of carbonyl (C=O) groups is 1. The Hall–Kier alpha value is -2.39. The van der Waals surface area contributed by atoms with E-state index in [0.717, 1.165) is 42.8 Å². The van der Waals surface area contributed by atoms with Gasteiger partial charge in [-0.2, -0.15) is 10.4 Å². The molecule has 0 spiro atoms. The first kappa shape index (κ1) is 21.7. The van der Waals surface area contributed by atoms with Crippen LogP contribution in [0.3, 0.4) is 0 Å². The zero-order valence-electron chi connectivity index (χ0n) is 16.1. The maximum Gasteiger partial charge on any atom is 0.209 e. The van der Waals surface area contributed by atoms with E-state index in [2.05, 4.69) is 11.7 Å². The summed E-state index contributed by atoms with van der Waals surface area (Å²) >= 11 is 0. The number of likely N-dealkylation sites (tertiary alicyclic amines) is 1. The third-order valence-corrected chi connectivity index (χ3v) is 4.62. The first-order chi connectivity index (χ1) is 12.4. The van der Waals surface area contributed by atoms with E-state index in [0.29, 0.717) is 5.57 Å². The summed E-state index contributed by atoms with van der Waals surface area (Å²) in [5.74, 6) is 0. The number of aromatic nitrogens is 2. The van der Waals surface area contributed by atoms with E-state index in [4.69, 9.17) is 5.26 Å².